The van der Waals surface area contributed by atoms with Gasteiger partial charge in [0.1, 0.15) is 23.1 Å². The van der Waals surface area contributed by atoms with Crippen molar-refractivity contribution in [1.29, 1.82) is 0 Å². The van der Waals surface area contributed by atoms with Crippen molar-refractivity contribution in [1.82, 2.24) is 14.5 Å². The number of ether oxygens (including phenoxy) is 2. The van der Waals surface area contributed by atoms with E-state index in [9.17, 15) is 0 Å². The molecule has 0 radical (unpaired) electrons. The molecule has 0 aliphatic heterocycles. The van der Waals surface area contributed by atoms with Crippen molar-refractivity contribution in [2.75, 3.05) is 26.2 Å². The van der Waals surface area contributed by atoms with E-state index >= 15 is 0 Å². The minimum absolute atomic E-state index is 0.499. The van der Waals surface area contributed by atoms with Crippen LogP contribution in [-0.4, -0.2) is 40.7 Å². The first-order valence-electron chi connectivity index (χ1n) is 13.5. The minimum Gasteiger partial charge on any atom is -0.494 e. The van der Waals surface area contributed by atoms with Crippen LogP contribution in [0, 0.1) is 5.92 Å². The Bertz CT molecular complexity index is 1260. The van der Waals surface area contributed by atoms with Crippen LogP contribution in [0.25, 0.3) is 16.9 Å². The molecule has 38 heavy (non-hydrogen) atoms. The van der Waals surface area contributed by atoms with Crippen molar-refractivity contribution >= 4 is 15.9 Å². The number of rotatable bonds is 13. The molecule has 5 nitrogen and oxygen atoms in total. The molecule has 0 N–H and O–H groups in total. The van der Waals surface area contributed by atoms with Crippen molar-refractivity contribution in [3.8, 4) is 34.2 Å². The lowest BCUT2D eigenvalue weighted by Gasteiger charge is -2.17. The van der Waals surface area contributed by atoms with Crippen molar-refractivity contribution < 1.29 is 9.47 Å². The average molecular weight is 577 g/mol. The van der Waals surface area contributed by atoms with E-state index in [2.05, 4.69) is 95.7 Å². The summed E-state index contributed by atoms with van der Waals surface area (Å²) in [4.78, 5) is 7.44. The highest BCUT2D eigenvalue weighted by Gasteiger charge is 2.13. The monoisotopic (exact) mass is 575 g/mol. The number of aromatic nitrogens is 2. The van der Waals surface area contributed by atoms with Gasteiger partial charge in [0.05, 0.1) is 12.3 Å². The molecule has 0 amide bonds. The van der Waals surface area contributed by atoms with Gasteiger partial charge in [0.2, 0.25) is 0 Å². The van der Waals surface area contributed by atoms with Crippen LogP contribution in [0.4, 0.5) is 0 Å². The third-order valence-electron chi connectivity index (χ3n) is 6.47. The first kappa shape index (κ1) is 27.9. The normalized spacial score (nSPS) is 11.3. The Morgan fingerprint density at radius 2 is 1.45 bits per heavy atom. The van der Waals surface area contributed by atoms with Gasteiger partial charge in [-0.15, -0.1) is 0 Å². The summed E-state index contributed by atoms with van der Waals surface area (Å²) in [7, 11) is 0. The molecule has 0 bridgehead atoms. The van der Waals surface area contributed by atoms with E-state index < -0.39 is 0 Å². The summed E-state index contributed by atoms with van der Waals surface area (Å²) in [6.07, 6.45) is 4.05. The predicted molar refractivity (Wildman–Crippen MR) is 160 cm³/mol. The Morgan fingerprint density at radius 3 is 2.05 bits per heavy atom. The maximum Gasteiger partial charge on any atom is 0.127 e. The fourth-order valence-corrected chi connectivity index (χ4v) is 4.61. The highest BCUT2D eigenvalue weighted by molar-refractivity contribution is 9.10. The summed E-state index contributed by atoms with van der Waals surface area (Å²) in [5.41, 5.74) is 3.10. The Labute approximate surface area is 235 Å². The van der Waals surface area contributed by atoms with E-state index in [0.29, 0.717) is 5.92 Å². The van der Waals surface area contributed by atoms with Gasteiger partial charge < -0.3 is 18.9 Å². The van der Waals surface area contributed by atoms with Gasteiger partial charge in [0.25, 0.3) is 0 Å². The van der Waals surface area contributed by atoms with Gasteiger partial charge in [-0.3, -0.25) is 0 Å². The number of imidazole rings is 1. The molecule has 4 rings (SSSR count). The van der Waals surface area contributed by atoms with Crippen molar-refractivity contribution in [3.05, 3.63) is 89.3 Å². The molecule has 0 aliphatic rings. The number of hydrogen-bond donors (Lipinski definition) is 0. The van der Waals surface area contributed by atoms with E-state index in [4.69, 9.17) is 14.5 Å². The molecule has 0 fully saturated rings. The molecule has 1 heterocycles. The third kappa shape index (κ3) is 7.71. The first-order valence-corrected chi connectivity index (χ1v) is 14.3. The molecular weight excluding hydrogens is 538 g/mol. The molecular formula is C32H38BrN3O2. The summed E-state index contributed by atoms with van der Waals surface area (Å²) in [6, 6.07) is 24.3. The van der Waals surface area contributed by atoms with Crippen LogP contribution >= 0.6 is 15.9 Å². The molecule has 0 aliphatic carbocycles. The smallest absolute Gasteiger partial charge is 0.127 e. The van der Waals surface area contributed by atoms with Gasteiger partial charge in [0.15, 0.2) is 0 Å². The van der Waals surface area contributed by atoms with Gasteiger partial charge in [-0.2, -0.15) is 0 Å². The first-order chi connectivity index (χ1) is 18.4. The molecule has 6 heteroatoms. The van der Waals surface area contributed by atoms with Crippen molar-refractivity contribution in [2.45, 2.75) is 40.5 Å². The molecule has 0 saturated carbocycles. The van der Waals surface area contributed by atoms with Gasteiger partial charge in [-0.25, -0.2) is 4.98 Å². The van der Waals surface area contributed by atoms with Crippen molar-refractivity contribution in [2.24, 2.45) is 5.92 Å². The number of hydrogen-bond acceptors (Lipinski definition) is 4. The van der Waals surface area contributed by atoms with Crippen LogP contribution in [0.5, 0.6) is 17.2 Å². The number of benzene rings is 3. The molecule has 200 valence electrons. The lowest BCUT2D eigenvalue weighted by atomic mass is 10.1. The topological polar surface area (TPSA) is 39.5 Å². The minimum atomic E-state index is 0.499. The highest BCUT2D eigenvalue weighted by atomic mass is 79.9. The Balaban J connectivity index is 1.46. The second kappa shape index (κ2) is 13.6. The molecule has 0 saturated heterocycles. The largest absolute Gasteiger partial charge is 0.494 e. The van der Waals surface area contributed by atoms with Crippen molar-refractivity contribution in [3.63, 3.8) is 0 Å². The van der Waals surface area contributed by atoms with E-state index in [0.717, 1.165) is 83.6 Å². The van der Waals surface area contributed by atoms with E-state index in [-0.39, 0.29) is 0 Å². The summed E-state index contributed by atoms with van der Waals surface area (Å²) < 4.78 is 15.2. The summed E-state index contributed by atoms with van der Waals surface area (Å²) in [5, 5.41) is 0. The maximum absolute atomic E-state index is 6.00. The Morgan fingerprint density at radius 1 is 0.842 bits per heavy atom. The quantitative estimate of drug-likeness (QED) is 0.150. The molecule has 4 aromatic rings. The van der Waals surface area contributed by atoms with Crippen LogP contribution in [0.3, 0.4) is 0 Å². The maximum atomic E-state index is 6.00. The zero-order valence-corrected chi connectivity index (χ0v) is 24.4. The van der Waals surface area contributed by atoms with Crippen LogP contribution in [0.1, 0.15) is 39.9 Å². The second-order valence-electron chi connectivity index (χ2n) is 9.81. The standard InChI is InChI=1S/C32H38BrN3O2/c1-5-35(6-2)20-7-21-37-28-18-12-27(13-19-28)36-23-31(34-32(36)22-24(3)4)25-8-14-29(15-9-25)38-30-16-10-26(33)11-17-30/h8-19,23-24H,5-7,20-22H2,1-4H3. The fourth-order valence-electron chi connectivity index (χ4n) is 4.34. The molecule has 1 aromatic heterocycles. The molecule has 0 atom stereocenters. The number of halogens is 1. The van der Waals surface area contributed by atoms with Gasteiger partial charge >= 0.3 is 0 Å². The summed E-state index contributed by atoms with van der Waals surface area (Å²) in [5.74, 6) is 4.06. The predicted octanol–water partition coefficient (Wildman–Crippen LogP) is 8.40. The molecule has 0 spiro atoms. The van der Waals surface area contributed by atoms with Gasteiger partial charge in [-0.05, 0) is 98.2 Å². The van der Waals surface area contributed by atoms with Crippen LogP contribution in [0.15, 0.2) is 83.5 Å². The number of nitrogens with zero attached hydrogens (tertiary/aromatic N) is 3. The lowest BCUT2D eigenvalue weighted by molar-refractivity contribution is 0.249. The van der Waals surface area contributed by atoms with Crippen LogP contribution in [0.2, 0.25) is 0 Å². The Kier molecular flexibility index (Phi) is 10.0. The second-order valence-corrected chi connectivity index (χ2v) is 10.7. The van der Waals surface area contributed by atoms with Gasteiger partial charge in [0, 0.05) is 34.9 Å². The third-order valence-corrected chi connectivity index (χ3v) is 6.99. The summed E-state index contributed by atoms with van der Waals surface area (Å²) >= 11 is 3.46. The van der Waals surface area contributed by atoms with Crippen LogP contribution in [-0.2, 0) is 6.42 Å². The SMILES string of the molecule is CCN(CC)CCCOc1ccc(-n2cc(-c3ccc(Oc4ccc(Br)cc4)cc3)nc2CC(C)C)cc1. The van der Waals surface area contributed by atoms with E-state index in [1.54, 1.807) is 0 Å². The molecule has 3 aromatic carbocycles. The van der Waals surface area contributed by atoms with Crippen LogP contribution < -0.4 is 9.47 Å². The lowest BCUT2D eigenvalue weighted by Crippen LogP contribution is -2.25. The Hall–Kier alpha value is -3.09. The molecule has 0 unspecified atom stereocenters. The zero-order valence-electron chi connectivity index (χ0n) is 22.9. The van der Waals surface area contributed by atoms with E-state index in [1.807, 2.05) is 36.4 Å². The average Bonchev–Trinajstić information content (AvgIpc) is 3.34. The summed E-state index contributed by atoms with van der Waals surface area (Å²) in [6.45, 7) is 12.8. The highest BCUT2D eigenvalue weighted by Crippen LogP contribution is 2.28. The fraction of sp³-hybridized carbons (Fsp3) is 0.344. The van der Waals surface area contributed by atoms with E-state index in [1.165, 1.54) is 0 Å². The van der Waals surface area contributed by atoms with Gasteiger partial charge in [-0.1, -0.05) is 43.6 Å². The zero-order chi connectivity index (χ0) is 26.9.